The molecule has 0 atom stereocenters. The fourth-order valence-corrected chi connectivity index (χ4v) is 4.70. The van der Waals surface area contributed by atoms with Gasteiger partial charge in [-0.15, -0.1) is 10.2 Å². The largest absolute Gasteiger partial charge is 0.489 e. The molecule has 0 aliphatic heterocycles. The van der Waals surface area contributed by atoms with Gasteiger partial charge in [-0.1, -0.05) is 59.9 Å². The summed E-state index contributed by atoms with van der Waals surface area (Å²) in [5, 5.41) is 18.2. The van der Waals surface area contributed by atoms with Crippen molar-refractivity contribution in [3.63, 3.8) is 0 Å². The molecule has 0 unspecified atom stereocenters. The second-order valence-electron chi connectivity index (χ2n) is 7.99. The summed E-state index contributed by atoms with van der Waals surface area (Å²) in [6.07, 6.45) is 2.33. The fraction of sp³-hybridized carbons (Fsp3) is 0.240. The monoisotopic (exact) mass is 540 g/mol. The highest BCUT2D eigenvalue weighted by Crippen LogP contribution is 2.27. The highest BCUT2D eigenvalue weighted by molar-refractivity contribution is 8.01. The molecule has 192 valence electrons. The van der Waals surface area contributed by atoms with Crippen LogP contribution in [0.5, 0.6) is 5.75 Å². The second kappa shape index (κ2) is 12.5. The van der Waals surface area contributed by atoms with Gasteiger partial charge in [-0.25, -0.2) is 9.07 Å². The topological polar surface area (TPSA) is 111 Å². The maximum absolute atomic E-state index is 13.3. The smallest absolute Gasteiger partial charge is 0.281 e. The third-order valence-corrected chi connectivity index (χ3v) is 6.98. The van der Waals surface area contributed by atoms with E-state index < -0.39 is 5.91 Å². The molecule has 2 N–H and O–H groups in total. The van der Waals surface area contributed by atoms with Gasteiger partial charge >= 0.3 is 0 Å². The summed E-state index contributed by atoms with van der Waals surface area (Å²) in [7, 11) is 0. The standard InChI is InChI=1S/C25H25FN6O3S2/c1-3-12-35-20-14-32(19-10-8-18(26)9-11-19)31-22(20)23(34)28-24-29-30-25(37-24)36-15-21(33)27-13-17-6-4-16(2)5-7-17/h4-11,14H,3,12-13,15H2,1-2H3,(H,27,33)(H,28,29,34). The molecule has 0 saturated carbocycles. The second-order valence-corrected chi connectivity index (χ2v) is 10.2. The number of hydrogen-bond donors (Lipinski definition) is 2. The van der Waals surface area contributed by atoms with Gasteiger partial charge in [-0.2, -0.15) is 5.10 Å². The Bertz CT molecular complexity index is 1360. The van der Waals surface area contributed by atoms with E-state index in [1.807, 2.05) is 38.1 Å². The number of thioether (sulfide) groups is 1. The van der Waals surface area contributed by atoms with Gasteiger partial charge in [-0.3, -0.25) is 14.9 Å². The van der Waals surface area contributed by atoms with E-state index in [2.05, 4.69) is 25.9 Å². The minimum absolute atomic E-state index is 0.0673. The number of aryl methyl sites for hydroxylation is 1. The summed E-state index contributed by atoms with van der Waals surface area (Å²) in [5.41, 5.74) is 2.83. The van der Waals surface area contributed by atoms with Crippen LogP contribution in [-0.2, 0) is 11.3 Å². The first-order valence-electron chi connectivity index (χ1n) is 11.5. The Balaban J connectivity index is 1.35. The number of carbonyl (C=O) groups excluding carboxylic acids is 2. The van der Waals surface area contributed by atoms with E-state index in [0.717, 1.165) is 28.9 Å². The number of rotatable bonds is 11. The predicted molar refractivity (Wildman–Crippen MR) is 141 cm³/mol. The molecule has 2 amide bonds. The van der Waals surface area contributed by atoms with Gasteiger partial charge in [0.1, 0.15) is 5.82 Å². The first kappa shape index (κ1) is 26.3. The molecule has 9 nitrogen and oxygen atoms in total. The lowest BCUT2D eigenvalue weighted by Crippen LogP contribution is -2.24. The Kier molecular flexibility index (Phi) is 8.86. The number of carbonyl (C=O) groups is 2. The van der Waals surface area contributed by atoms with Crippen molar-refractivity contribution in [1.29, 1.82) is 0 Å². The molecular formula is C25H25FN6O3S2. The Hall–Kier alpha value is -3.77. The van der Waals surface area contributed by atoms with Crippen molar-refractivity contribution in [2.75, 3.05) is 17.7 Å². The van der Waals surface area contributed by atoms with E-state index in [-0.39, 0.29) is 28.3 Å². The van der Waals surface area contributed by atoms with Crippen molar-refractivity contribution in [2.24, 2.45) is 0 Å². The maximum atomic E-state index is 13.3. The van der Waals surface area contributed by atoms with Crippen molar-refractivity contribution < 1.29 is 18.7 Å². The van der Waals surface area contributed by atoms with Gasteiger partial charge in [0, 0.05) is 6.54 Å². The first-order valence-corrected chi connectivity index (χ1v) is 13.3. The summed E-state index contributed by atoms with van der Waals surface area (Å²) in [6, 6.07) is 13.7. The number of nitrogens with zero attached hydrogens (tertiary/aromatic N) is 4. The average molecular weight is 541 g/mol. The zero-order valence-electron chi connectivity index (χ0n) is 20.2. The molecule has 0 spiro atoms. The third-order valence-electron chi connectivity index (χ3n) is 5.01. The number of ether oxygens (including phenoxy) is 1. The first-order chi connectivity index (χ1) is 17.9. The Morgan fingerprint density at radius 1 is 1.11 bits per heavy atom. The van der Waals surface area contributed by atoms with Crippen LogP contribution < -0.4 is 15.4 Å². The molecule has 12 heteroatoms. The van der Waals surface area contributed by atoms with Crippen LogP contribution in [0.3, 0.4) is 0 Å². The van der Waals surface area contributed by atoms with Crippen LogP contribution >= 0.6 is 23.1 Å². The molecular weight excluding hydrogens is 515 g/mol. The number of aromatic nitrogens is 4. The number of halogens is 1. The molecule has 37 heavy (non-hydrogen) atoms. The molecule has 0 saturated heterocycles. The molecule has 0 bridgehead atoms. The normalized spacial score (nSPS) is 10.8. The zero-order chi connectivity index (χ0) is 26.2. The van der Waals surface area contributed by atoms with Gasteiger partial charge in [0.2, 0.25) is 11.0 Å². The van der Waals surface area contributed by atoms with Gasteiger partial charge in [-0.05, 0) is 43.2 Å². The average Bonchev–Trinajstić information content (AvgIpc) is 3.53. The summed E-state index contributed by atoms with van der Waals surface area (Å²) < 4.78 is 21.0. The van der Waals surface area contributed by atoms with Crippen LogP contribution in [0.2, 0.25) is 0 Å². The van der Waals surface area contributed by atoms with Gasteiger partial charge < -0.3 is 10.1 Å². The van der Waals surface area contributed by atoms with Crippen molar-refractivity contribution >= 4 is 40.0 Å². The van der Waals surface area contributed by atoms with Gasteiger partial charge in [0.05, 0.1) is 24.2 Å². The number of nitrogens with one attached hydrogen (secondary N) is 2. The molecule has 2 aromatic heterocycles. The molecule has 2 aromatic carbocycles. The number of benzene rings is 2. The van der Waals surface area contributed by atoms with Crippen LogP contribution in [0.1, 0.15) is 35.0 Å². The minimum atomic E-state index is -0.518. The predicted octanol–water partition coefficient (Wildman–Crippen LogP) is 4.62. The van der Waals surface area contributed by atoms with E-state index in [9.17, 15) is 14.0 Å². The summed E-state index contributed by atoms with van der Waals surface area (Å²) in [5.74, 6) is -0.546. The van der Waals surface area contributed by atoms with Crippen molar-refractivity contribution in [3.05, 3.63) is 77.4 Å². The minimum Gasteiger partial charge on any atom is -0.489 e. The lowest BCUT2D eigenvalue weighted by Gasteiger charge is -2.04. The SMILES string of the molecule is CCCOc1cn(-c2ccc(F)cc2)nc1C(=O)Nc1nnc(SCC(=O)NCc2ccc(C)cc2)s1. The molecule has 0 aliphatic rings. The fourth-order valence-electron chi connectivity index (χ4n) is 3.12. The molecule has 4 rings (SSSR count). The Labute approximate surface area is 221 Å². The lowest BCUT2D eigenvalue weighted by molar-refractivity contribution is -0.118. The van der Waals surface area contributed by atoms with Crippen LogP contribution in [0.25, 0.3) is 5.69 Å². The molecule has 0 radical (unpaired) electrons. The van der Waals surface area contributed by atoms with E-state index in [1.54, 1.807) is 18.3 Å². The summed E-state index contributed by atoms with van der Waals surface area (Å²) >= 11 is 2.39. The highest BCUT2D eigenvalue weighted by atomic mass is 32.2. The zero-order valence-corrected chi connectivity index (χ0v) is 21.9. The summed E-state index contributed by atoms with van der Waals surface area (Å²) in [4.78, 5) is 25.2. The lowest BCUT2D eigenvalue weighted by atomic mass is 10.1. The van der Waals surface area contributed by atoms with Crippen LogP contribution in [0.15, 0.2) is 59.1 Å². The number of amides is 2. The van der Waals surface area contributed by atoms with Gasteiger partial charge in [0.25, 0.3) is 5.91 Å². The number of hydrogen-bond acceptors (Lipinski definition) is 8. The van der Waals surface area contributed by atoms with E-state index in [0.29, 0.717) is 28.9 Å². The van der Waals surface area contributed by atoms with E-state index >= 15 is 0 Å². The quantitative estimate of drug-likeness (QED) is 0.211. The van der Waals surface area contributed by atoms with Crippen molar-refractivity contribution in [1.82, 2.24) is 25.3 Å². The Morgan fingerprint density at radius 2 is 1.86 bits per heavy atom. The van der Waals surface area contributed by atoms with Crippen LogP contribution in [0, 0.1) is 12.7 Å². The summed E-state index contributed by atoms with van der Waals surface area (Å²) in [6.45, 7) is 4.82. The molecule has 2 heterocycles. The highest BCUT2D eigenvalue weighted by Gasteiger charge is 2.21. The van der Waals surface area contributed by atoms with Crippen molar-refractivity contribution in [3.8, 4) is 11.4 Å². The molecule has 0 aliphatic carbocycles. The van der Waals surface area contributed by atoms with Crippen LogP contribution in [0.4, 0.5) is 9.52 Å². The van der Waals surface area contributed by atoms with Gasteiger partial charge in [0.15, 0.2) is 15.8 Å². The van der Waals surface area contributed by atoms with E-state index in [1.165, 1.54) is 28.6 Å². The third kappa shape index (κ3) is 7.37. The number of anilines is 1. The maximum Gasteiger partial charge on any atom is 0.281 e. The van der Waals surface area contributed by atoms with Crippen LogP contribution in [-0.4, -0.2) is 44.2 Å². The van der Waals surface area contributed by atoms with Crippen molar-refractivity contribution in [2.45, 2.75) is 31.2 Å². The van der Waals surface area contributed by atoms with E-state index in [4.69, 9.17) is 4.74 Å². The molecule has 4 aromatic rings. The Morgan fingerprint density at radius 3 is 2.59 bits per heavy atom. The molecule has 0 fully saturated rings.